The molecule has 1 aromatic rings. The second-order valence-corrected chi connectivity index (χ2v) is 15.7. The number of hydrogen-bond acceptors (Lipinski definition) is 8. The first-order chi connectivity index (χ1) is 17.8. The first-order valence-electron chi connectivity index (χ1n) is 12.2. The first kappa shape index (κ1) is 30.9. The molecule has 0 aromatic heterocycles. The molecule has 0 spiro atoms. The van der Waals surface area contributed by atoms with E-state index < -0.39 is 49.8 Å². The largest absolute Gasteiger partial charge is 0.469 e. The zero-order valence-corrected chi connectivity index (χ0v) is 23.7. The zero-order valence-electron chi connectivity index (χ0n) is 22.7. The molecule has 0 unspecified atom stereocenters. The highest BCUT2D eigenvalue weighted by Crippen LogP contribution is 2.48. The maximum absolute atomic E-state index is 13.2. The molecule has 13 nitrogen and oxygen atoms in total. The second-order valence-electron chi connectivity index (χ2n) is 10.9. The number of alkyl carbamates (subject to hydrolysis) is 1. The molecule has 0 aliphatic heterocycles. The van der Waals surface area contributed by atoms with Crippen LogP contribution in [0.15, 0.2) is 40.6 Å². The number of hydrogen-bond donors (Lipinski definition) is 2. The summed E-state index contributed by atoms with van der Waals surface area (Å²) in [6, 6.07) is 9.02. The number of nitrogens with one attached hydrogen (secondary N) is 1. The number of nitrogens with zero attached hydrogens (tertiary/aromatic N) is 6. The van der Waals surface area contributed by atoms with Crippen molar-refractivity contribution in [2.24, 2.45) is 28.0 Å². The summed E-state index contributed by atoms with van der Waals surface area (Å²) in [4.78, 5) is 32.0. The number of aliphatic hydroxyl groups excluding tert-OH is 1. The smallest absolute Gasteiger partial charge is 0.408 e. The van der Waals surface area contributed by atoms with Crippen molar-refractivity contribution in [3.63, 3.8) is 0 Å². The minimum absolute atomic E-state index is 0.0465. The highest BCUT2D eigenvalue weighted by molar-refractivity contribution is 6.74. The minimum atomic E-state index is -2.46. The Morgan fingerprint density at radius 1 is 1.11 bits per heavy atom. The van der Waals surface area contributed by atoms with E-state index in [1.165, 1.54) is 7.11 Å². The van der Waals surface area contributed by atoms with Gasteiger partial charge in [-0.05, 0) is 46.6 Å². The molecule has 38 heavy (non-hydrogen) atoms. The van der Waals surface area contributed by atoms with Crippen LogP contribution < -0.4 is 5.32 Å². The van der Waals surface area contributed by atoms with Gasteiger partial charge >= 0.3 is 12.1 Å². The molecule has 1 amide bonds. The van der Waals surface area contributed by atoms with Crippen molar-refractivity contribution in [2.45, 2.75) is 57.2 Å². The van der Waals surface area contributed by atoms with Gasteiger partial charge in [0.05, 0.1) is 25.7 Å². The number of esters is 1. The van der Waals surface area contributed by atoms with Gasteiger partial charge in [0.25, 0.3) is 0 Å². The zero-order chi connectivity index (χ0) is 28.6. The Hall–Kier alpha value is -3.28. The highest BCUT2D eigenvalue weighted by atomic mass is 28.4. The predicted octanol–water partition coefficient (Wildman–Crippen LogP) is 4.69. The van der Waals surface area contributed by atoms with Gasteiger partial charge in [-0.25, -0.2) is 4.79 Å². The molecule has 1 aliphatic carbocycles. The van der Waals surface area contributed by atoms with Crippen LogP contribution >= 0.6 is 0 Å². The Labute approximate surface area is 223 Å². The molecule has 1 aromatic carbocycles. The van der Waals surface area contributed by atoms with Crippen LogP contribution in [0.1, 0.15) is 26.3 Å². The summed E-state index contributed by atoms with van der Waals surface area (Å²) in [5.41, 5.74) is 16.9. The normalized spacial score (nSPS) is 25.0. The van der Waals surface area contributed by atoms with Gasteiger partial charge in [0, 0.05) is 22.9 Å². The van der Waals surface area contributed by atoms with Gasteiger partial charge in [0.15, 0.2) is 8.32 Å². The molecule has 0 heterocycles. The van der Waals surface area contributed by atoms with Gasteiger partial charge in [-0.1, -0.05) is 61.3 Å². The average Bonchev–Trinajstić information content (AvgIpc) is 3.10. The molecule has 1 fully saturated rings. The Balaban J connectivity index is 2.57. The Morgan fingerprint density at radius 3 is 2.21 bits per heavy atom. The summed E-state index contributed by atoms with van der Waals surface area (Å²) in [5.74, 6) is -3.61. The summed E-state index contributed by atoms with van der Waals surface area (Å²) in [6.07, 6.45) is -2.31. The molecule has 0 radical (unpaired) electrons. The molecular weight excluding hydrogens is 510 g/mol. The standard InChI is InChI=1S/C24H37N7O6Si/c1-23(2,3)38(5,6)37-15-24(29-22(34)36-14-16-10-8-7-9-11-16)19(21(33)35-4)17(12-27-30-25)18(20(24)32)13-28-31-26/h7-11,17-20,32H,12-15H2,1-6H3,(H,29,34)/t17-,18-,19-,20+,24+/m1/s1. The number of benzene rings is 1. The summed E-state index contributed by atoms with van der Waals surface area (Å²) in [5, 5.41) is 21.4. The van der Waals surface area contributed by atoms with E-state index in [0.717, 1.165) is 5.56 Å². The van der Waals surface area contributed by atoms with Crippen LogP contribution in [-0.2, 0) is 25.3 Å². The number of aliphatic hydroxyl groups is 1. The van der Waals surface area contributed by atoms with E-state index in [4.69, 9.17) is 25.0 Å². The van der Waals surface area contributed by atoms with Crippen LogP contribution in [0.25, 0.3) is 20.9 Å². The maximum atomic E-state index is 13.2. The third kappa shape index (κ3) is 6.97. The van der Waals surface area contributed by atoms with Gasteiger partial charge in [-0.15, -0.1) is 0 Å². The van der Waals surface area contributed by atoms with Crippen LogP contribution in [0.3, 0.4) is 0 Å². The molecule has 2 N–H and O–H groups in total. The van der Waals surface area contributed by atoms with E-state index in [0.29, 0.717) is 0 Å². The lowest BCUT2D eigenvalue weighted by atomic mass is 9.82. The van der Waals surface area contributed by atoms with E-state index in [2.05, 4.69) is 25.4 Å². The average molecular weight is 548 g/mol. The fraction of sp³-hybridized carbons (Fsp3) is 0.667. The number of ether oxygens (including phenoxy) is 2. The van der Waals surface area contributed by atoms with Crippen LogP contribution in [0, 0.1) is 17.8 Å². The third-order valence-electron chi connectivity index (χ3n) is 7.66. The lowest BCUT2D eigenvalue weighted by Crippen LogP contribution is -2.65. The van der Waals surface area contributed by atoms with Crippen LogP contribution in [-0.4, -0.2) is 63.9 Å². The number of amides is 1. The van der Waals surface area contributed by atoms with Gasteiger partial charge in [-0.3, -0.25) is 4.79 Å². The predicted molar refractivity (Wildman–Crippen MR) is 142 cm³/mol. The topological polar surface area (TPSA) is 192 Å². The van der Waals surface area contributed by atoms with E-state index in [1.807, 2.05) is 39.9 Å². The fourth-order valence-corrected chi connectivity index (χ4v) is 5.54. The highest BCUT2D eigenvalue weighted by Gasteiger charge is 2.64. The van der Waals surface area contributed by atoms with Crippen molar-refractivity contribution in [3.8, 4) is 0 Å². The molecular formula is C24H37N7O6Si. The minimum Gasteiger partial charge on any atom is -0.469 e. The molecule has 0 saturated heterocycles. The maximum Gasteiger partial charge on any atom is 0.408 e. The summed E-state index contributed by atoms with van der Waals surface area (Å²) in [7, 11) is -1.27. The molecule has 2 rings (SSSR count). The van der Waals surface area contributed by atoms with Crippen molar-refractivity contribution < 1.29 is 28.6 Å². The Morgan fingerprint density at radius 2 is 1.68 bits per heavy atom. The van der Waals surface area contributed by atoms with Crippen molar-refractivity contribution in [1.82, 2.24) is 5.32 Å². The molecule has 1 aliphatic rings. The van der Waals surface area contributed by atoms with Crippen LogP contribution in [0.2, 0.25) is 18.1 Å². The van der Waals surface area contributed by atoms with E-state index in [9.17, 15) is 14.7 Å². The Bertz CT molecular complexity index is 1070. The summed E-state index contributed by atoms with van der Waals surface area (Å²) < 4.78 is 17.0. The first-order valence-corrected chi connectivity index (χ1v) is 15.2. The van der Waals surface area contributed by atoms with Crippen molar-refractivity contribution >= 4 is 20.4 Å². The SMILES string of the molecule is COC(=O)[C@H]1[C@H](CN=[N+]=[N-])[C@@H](CN=[N+]=[N-])[C@H](O)[C@@]1(CO[Si](C)(C)C(C)(C)C)NC(=O)OCc1ccccc1. The van der Waals surface area contributed by atoms with Gasteiger partial charge < -0.3 is 24.3 Å². The molecule has 5 atom stereocenters. The lowest BCUT2D eigenvalue weighted by Gasteiger charge is -2.43. The van der Waals surface area contributed by atoms with E-state index >= 15 is 0 Å². The Kier molecular flexibility index (Phi) is 10.6. The van der Waals surface area contributed by atoms with E-state index in [-0.39, 0.29) is 31.3 Å². The van der Waals surface area contributed by atoms with Crippen molar-refractivity contribution in [2.75, 3.05) is 26.8 Å². The molecule has 14 heteroatoms. The van der Waals surface area contributed by atoms with Gasteiger partial charge in [0.2, 0.25) is 0 Å². The van der Waals surface area contributed by atoms with Crippen molar-refractivity contribution in [1.29, 1.82) is 0 Å². The van der Waals surface area contributed by atoms with Gasteiger partial charge in [-0.2, -0.15) is 0 Å². The third-order valence-corrected chi connectivity index (χ3v) is 12.1. The monoisotopic (exact) mass is 547 g/mol. The number of rotatable bonds is 11. The van der Waals surface area contributed by atoms with Crippen LogP contribution in [0.4, 0.5) is 4.79 Å². The number of azide groups is 2. The molecule has 208 valence electrons. The number of carbonyl (C=O) groups excluding carboxylic acids is 2. The van der Waals surface area contributed by atoms with Gasteiger partial charge in [0.1, 0.15) is 12.1 Å². The number of methoxy groups -OCH3 is 1. The summed E-state index contributed by atoms with van der Waals surface area (Å²) in [6.45, 7) is 9.39. The summed E-state index contributed by atoms with van der Waals surface area (Å²) >= 11 is 0. The van der Waals surface area contributed by atoms with Crippen molar-refractivity contribution in [3.05, 3.63) is 56.8 Å². The second kappa shape index (κ2) is 13.0. The molecule has 1 saturated carbocycles. The quantitative estimate of drug-likeness (QED) is 0.133. The molecule has 0 bridgehead atoms. The van der Waals surface area contributed by atoms with E-state index in [1.54, 1.807) is 24.3 Å². The van der Waals surface area contributed by atoms with Crippen LogP contribution in [0.5, 0.6) is 0 Å². The lowest BCUT2D eigenvalue weighted by molar-refractivity contribution is -0.151. The number of carbonyl (C=O) groups is 2. The fourth-order valence-electron chi connectivity index (χ4n) is 4.51.